The molecule has 0 aliphatic heterocycles. The lowest BCUT2D eigenvalue weighted by Gasteiger charge is -2.42. The van der Waals surface area contributed by atoms with Crippen LogP contribution in [0.25, 0.3) is 0 Å². The van der Waals surface area contributed by atoms with E-state index in [-0.39, 0.29) is 0 Å². The predicted molar refractivity (Wildman–Crippen MR) is 85.6 cm³/mol. The van der Waals surface area contributed by atoms with Crippen molar-refractivity contribution in [1.29, 1.82) is 0 Å². The number of thiol groups is 1. The largest absolute Gasteiger partial charge is 0.460 e. The second kappa shape index (κ2) is 10.4. The molecule has 0 aromatic carbocycles. The van der Waals surface area contributed by atoms with Gasteiger partial charge >= 0.3 is 57.1 Å². The minimum absolute atomic E-state index is 1.05. The number of rotatable bonds is 10. The molecule has 0 atom stereocenters. The monoisotopic (exact) mass is 604 g/mol. The minimum Gasteiger partial charge on any atom is -0.281 e. The van der Waals surface area contributed by atoms with Crippen molar-refractivity contribution in [2.45, 2.75) is 73.2 Å². The first kappa shape index (κ1) is 36.2. The van der Waals surface area contributed by atoms with Crippen molar-refractivity contribution < 1.29 is 87.6 Å². The average Bonchev–Trinajstić information content (AvgIpc) is 2.63. The Labute approximate surface area is 190 Å². The first-order valence-corrected chi connectivity index (χ1v) is 10.3. The van der Waals surface area contributed by atoms with Gasteiger partial charge in [-0.15, -0.1) is 0 Å². The Morgan fingerprint density at radius 3 is 1.06 bits per heavy atom. The fourth-order valence-corrected chi connectivity index (χ4v) is 2.35. The molecule has 0 aromatic heterocycles. The minimum atomic E-state index is -8.89. The molecule has 0 bridgehead atoms. The Kier molecular flexibility index (Phi) is 10.8. The summed E-state index contributed by atoms with van der Waals surface area (Å²) in [5.74, 6) is -50.9. The van der Waals surface area contributed by atoms with Crippen LogP contribution in [0.1, 0.15) is 26.2 Å². The number of hydrogen-bond donors (Lipinski definition) is 2. The van der Waals surface area contributed by atoms with E-state index in [1.807, 2.05) is 0 Å². The third-order valence-electron chi connectivity index (χ3n) is 3.78. The highest BCUT2D eigenvalue weighted by Crippen LogP contribution is 2.64. The van der Waals surface area contributed by atoms with Gasteiger partial charge in [0.25, 0.3) is 0 Å². The smallest absolute Gasteiger partial charge is 0.281 e. The molecule has 0 aromatic rings. The van der Waals surface area contributed by atoms with Gasteiger partial charge < -0.3 is 0 Å². The van der Waals surface area contributed by atoms with Crippen molar-refractivity contribution in [3.05, 3.63) is 0 Å². The standard InChI is InChI=1S/C8HF17O3S.C5H12S/c9-1(10,3(13,14)5(17,18)7(21,22)23)2(11,12)4(15,16)6(19,20)8(24,25)29(26,27)28;1-2-3-4-5-6/h(H,26,27,28);6H,2-5H2,1H3. The van der Waals surface area contributed by atoms with E-state index in [0.29, 0.717) is 0 Å². The third-order valence-corrected chi connectivity index (χ3v) is 5.00. The number of hydrogen-bond acceptors (Lipinski definition) is 3. The summed E-state index contributed by atoms with van der Waals surface area (Å²) in [6.45, 7) is 2.20. The van der Waals surface area contributed by atoms with E-state index >= 15 is 0 Å². The zero-order valence-electron chi connectivity index (χ0n) is 16.4. The maximum Gasteiger partial charge on any atom is 0.460 e. The van der Waals surface area contributed by atoms with Gasteiger partial charge in [-0.1, -0.05) is 19.8 Å². The van der Waals surface area contributed by atoms with Crippen molar-refractivity contribution in [3.63, 3.8) is 0 Å². The highest BCUT2D eigenvalue weighted by molar-refractivity contribution is 7.87. The molecule has 0 spiro atoms. The molecule has 0 aliphatic carbocycles. The zero-order valence-corrected chi connectivity index (χ0v) is 18.1. The molecule has 0 heterocycles. The lowest BCUT2D eigenvalue weighted by Crippen LogP contribution is -2.74. The van der Waals surface area contributed by atoms with Gasteiger partial charge in [0.05, 0.1) is 0 Å². The van der Waals surface area contributed by atoms with E-state index in [2.05, 4.69) is 19.6 Å². The molecule has 0 saturated carbocycles. The van der Waals surface area contributed by atoms with Gasteiger partial charge in [-0.05, 0) is 12.2 Å². The van der Waals surface area contributed by atoms with Crippen LogP contribution in [0.4, 0.5) is 74.6 Å². The molecular formula is C13H13F17O3S2. The Bertz CT molecular complexity index is 801. The Morgan fingerprint density at radius 1 is 0.571 bits per heavy atom. The van der Waals surface area contributed by atoms with Crippen LogP contribution in [0.3, 0.4) is 0 Å². The topological polar surface area (TPSA) is 54.4 Å². The number of halogens is 17. The van der Waals surface area contributed by atoms with Crippen LogP contribution in [0.15, 0.2) is 0 Å². The van der Waals surface area contributed by atoms with Crippen LogP contribution in [-0.4, -0.2) is 65.7 Å². The molecule has 0 unspecified atom stereocenters. The van der Waals surface area contributed by atoms with Gasteiger partial charge in [0.15, 0.2) is 0 Å². The van der Waals surface area contributed by atoms with Crippen LogP contribution < -0.4 is 0 Å². The molecule has 22 heteroatoms. The van der Waals surface area contributed by atoms with Gasteiger partial charge in [0, 0.05) is 0 Å². The molecule has 0 aliphatic rings. The summed E-state index contributed by atoms with van der Waals surface area (Å²) in [5.41, 5.74) is 0. The van der Waals surface area contributed by atoms with Gasteiger partial charge in [0.2, 0.25) is 0 Å². The van der Waals surface area contributed by atoms with Gasteiger partial charge in [-0.3, -0.25) is 4.55 Å². The number of alkyl halides is 17. The molecule has 0 fully saturated rings. The summed E-state index contributed by atoms with van der Waals surface area (Å²) in [6.07, 6.45) is -3.96. The van der Waals surface area contributed by atoms with E-state index in [1.54, 1.807) is 0 Å². The van der Waals surface area contributed by atoms with Crippen LogP contribution in [-0.2, 0) is 10.1 Å². The van der Waals surface area contributed by atoms with E-state index in [9.17, 15) is 83.1 Å². The lowest BCUT2D eigenvalue weighted by molar-refractivity contribution is -0.458. The molecule has 1 N–H and O–H groups in total. The Morgan fingerprint density at radius 2 is 0.857 bits per heavy atom. The van der Waals surface area contributed by atoms with Crippen molar-refractivity contribution >= 4 is 22.7 Å². The van der Waals surface area contributed by atoms with Gasteiger partial charge in [-0.2, -0.15) is 95.7 Å². The van der Waals surface area contributed by atoms with Crippen LogP contribution in [0, 0.1) is 0 Å². The molecule has 0 saturated heterocycles. The fraction of sp³-hybridized carbons (Fsp3) is 1.00. The molecule has 0 amide bonds. The first-order valence-electron chi connectivity index (χ1n) is 8.21. The number of unbranched alkanes of at least 4 members (excludes halogenated alkanes) is 2. The quantitative estimate of drug-likeness (QED) is 0.123. The second-order valence-corrected chi connectivity index (χ2v) is 8.28. The van der Waals surface area contributed by atoms with Crippen molar-refractivity contribution in [2.75, 3.05) is 5.75 Å². The normalized spacial score (nSPS) is 15.5. The van der Waals surface area contributed by atoms with Crippen molar-refractivity contribution in [3.8, 4) is 0 Å². The lowest BCUT2D eigenvalue weighted by atomic mass is 9.91. The summed E-state index contributed by atoms with van der Waals surface area (Å²) in [4.78, 5) is 0. The molecule has 0 radical (unpaired) electrons. The first-order chi connectivity index (χ1) is 14.9. The highest BCUT2D eigenvalue weighted by Gasteiger charge is 2.96. The second-order valence-electron chi connectivity index (χ2n) is 6.37. The van der Waals surface area contributed by atoms with Gasteiger partial charge in [-0.25, -0.2) is 0 Å². The summed E-state index contributed by atoms with van der Waals surface area (Å²) in [6, 6.07) is 0. The molecule has 35 heavy (non-hydrogen) atoms. The van der Waals surface area contributed by atoms with Crippen LogP contribution in [0.5, 0.6) is 0 Å². The fourth-order valence-electron chi connectivity index (χ4n) is 1.67. The maximum absolute atomic E-state index is 13.0. The van der Waals surface area contributed by atoms with Crippen molar-refractivity contribution in [1.82, 2.24) is 0 Å². The van der Waals surface area contributed by atoms with Crippen molar-refractivity contribution in [2.24, 2.45) is 0 Å². The Hall–Kier alpha value is -0.930. The van der Waals surface area contributed by atoms with E-state index in [4.69, 9.17) is 4.55 Å². The summed E-state index contributed by atoms with van der Waals surface area (Å²) < 4.78 is 242. The third kappa shape index (κ3) is 5.82. The van der Waals surface area contributed by atoms with Gasteiger partial charge in [0.1, 0.15) is 0 Å². The summed E-state index contributed by atoms with van der Waals surface area (Å²) in [7, 11) is -7.89. The molecular weight excluding hydrogens is 591 g/mol. The highest BCUT2D eigenvalue weighted by atomic mass is 32.2. The Balaban J connectivity index is 0. The van der Waals surface area contributed by atoms with Crippen LogP contribution in [0.2, 0.25) is 0 Å². The summed E-state index contributed by atoms with van der Waals surface area (Å²) in [5, 5.41) is -7.84. The van der Waals surface area contributed by atoms with Crippen LogP contribution >= 0.6 is 12.6 Å². The maximum atomic E-state index is 13.0. The van der Waals surface area contributed by atoms with E-state index in [0.717, 1.165) is 5.75 Å². The van der Waals surface area contributed by atoms with E-state index in [1.165, 1.54) is 19.3 Å². The molecule has 3 nitrogen and oxygen atoms in total. The average molecular weight is 604 g/mol. The van der Waals surface area contributed by atoms with E-state index < -0.39 is 57.1 Å². The SMILES string of the molecule is CCCCCS.O=S(=O)(O)C(F)(F)C(F)(F)C(F)(F)C(F)(F)C(F)(F)C(F)(F)C(F)(F)C(F)(F)F. The zero-order chi connectivity index (χ0) is 29.3. The molecule has 0 rings (SSSR count). The summed E-state index contributed by atoms with van der Waals surface area (Å²) >= 11 is 4.05. The molecule has 214 valence electrons. The predicted octanol–water partition coefficient (Wildman–Crippen LogP) is 6.95.